The van der Waals surface area contributed by atoms with E-state index in [1.165, 1.54) is 13.3 Å². The molecule has 1 N–H and O–H groups in total. The number of carbonyl (C=O) groups is 1. The molecule has 3 heterocycles. The van der Waals surface area contributed by atoms with Crippen LogP contribution in [-0.2, 0) is 16.9 Å². The molecule has 1 fully saturated rings. The summed E-state index contributed by atoms with van der Waals surface area (Å²) >= 11 is 0. The zero-order valence-electron chi connectivity index (χ0n) is 15.9. The van der Waals surface area contributed by atoms with Crippen molar-refractivity contribution in [2.45, 2.75) is 31.1 Å². The van der Waals surface area contributed by atoms with Crippen LogP contribution in [0.25, 0.3) is 10.9 Å². The van der Waals surface area contributed by atoms with Crippen LogP contribution in [0.5, 0.6) is 11.6 Å². The molecule has 3 aromatic heterocycles. The Hall–Kier alpha value is -3.37. The molecule has 30 heavy (non-hydrogen) atoms. The minimum atomic E-state index is -4.47. The second-order valence-electron chi connectivity index (χ2n) is 7.02. The number of amides is 1. The van der Waals surface area contributed by atoms with Gasteiger partial charge in [-0.05, 0) is 30.5 Å². The van der Waals surface area contributed by atoms with E-state index in [-0.39, 0.29) is 11.6 Å². The number of fused-ring (bicyclic) bond motifs is 1. The molecule has 0 radical (unpaired) electrons. The number of rotatable bonds is 8. The quantitative estimate of drug-likeness (QED) is 0.562. The van der Waals surface area contributed by atoms with Crippen LogP contribution in [0, 0.1) is 0 Å². The van der Waals surface area contributed by atoms with Gasteiger partial charge in [0.05, 0.1) is 30.4 Å². The van der Waals surface area contributed by atoms with Crippen molar-refractivity contribution in [2.75, 3.05) is 13.7 Å². The summed E-state index contributed by atoms with van der Waals surface area (Å²) in [6.07, 6.45) is 2.72. The number of pyridine rings is 2. The number of hydrogen-bond acceptors (Lipinski definition) is 6. The molecule has 0 aromatic carbocycles. The van der Waals surface area contributed by atoms with Gasteiger partial charge in [0.15, 0.2) is 12.4 Å². The van der Waals surface area contributed by atoms with Crippen molar-refractivity contribution in [3.63, 3.8) is 0 Å². The summed E-state index contributed by atoms with van der Waals surface area (Å²) in [5.41, 5.74) is 1.71. The molecule has 0 atom stereocenters. The van der Waals surface area contributed by atoms with E-state index in [9.17, 15) is 18.0 Å². The Kier molecular flexibility index (Phi) is 4.96. The second kappa shape index (κ2) is 7.47. The molecule has 158 valence electrons. The minimum absolute atomic E-state index is 0.0999. The monoisotopic (exact) mass is 421 g/mol. The Balaban J connectivity index is 1.58. The molecule has 8 nitrogen and oxygen atoms in total. The van der Waals surface area contributed by atoms with E-state index in [1.807, 2.05) is 6.20 Å². The highest BCUT2D eigenvalue weighted by molar-refractivity contribution is 5.82. The lowest BCUT2D eigenvalue weighted by Gasteiger charge is -2.13. The molecule has 3 aromatic rings. The summed E-state index contributed by atoms with van der Waals surface area (Å²) < 4.78 is 48.6. The van der Waals surface area contributed by atoms with Crippen molar-refractivity contribution in [2.24, 2.45) is 0 Å². The number of nitrogens with zero attached hydrogens (tertiary/aromatic N) is 4. The molecule has 1 aliphatic rings. The number of nitrogens with one attached hydrogen (secondary N) is 1. The predicted octanol–water partition coefficient (Wildman–Crippen LogP) is 2.56. The molecule has 0 unspecified atom stereocenters. The SMILES string of the molecule is COc1cc(Cn2cc3c(C4(NC=O)CC4)nccc3n2)cnc1OCC(F)(F)F. The predicted molar refractivity (Wildman–Crippen MR) is 99.1 cm³/mol. The normalized spacial score (nSPS) is 15.1. The van der Waals surface area contributed by atoms with Gasteiger partial charge in [-0.3, -0.25) is 14.5 Å². The van der Waals surface area contributed by atoms with E-state index in [4.69, 9.17) is 9.47 Å². The second-order valence-corrected chi connectivity index (χ2v) is 7.02. The fraction of sp³-hybridized carbons (Fsp3) is 0.368. The van der Waals surface area contributed by atoms with E-state index in [1.54, 1.807) is 23.0 Å². The number of ether oxygens (including phenoxy) is 2. The average molecular weight is 421 g/mol. The highest BCUT2D eigenvalue weighted by Crippen LogP contribution is 2.46. The van der Waals surface area contributed by atoms with Gasteiger partial charge < -0.3 is 14.8 Å². The Bertz CT molecular complexity index is 1080. The summed E-state index contributed by atoms with van der Waals surface area (Å²) in [4.78, 5) is 19.3. The molecular weight excluding hydrogens is 403 g/mol. The van der Waals surface area contributed by atoms with Gasteiger partial charge in [0.2, 0.25) is 6.41 Å². The molecular formula is C19H18F3N5O3. The molecule has 0 spiro atoms. The van der Waals surface area contributed by atoms with Crippen LogP contribution < -0.4 is 14.8 Å². The molecule has 4 rings (SSSR count). The van der Waals surface area contributed by atoms with Crippen LogP contribution >= 0.6 is 0 Å². The molecule has 0 aliphatic heterocycles. The number of alkyl halides is 3. The third-order valence-corrected chi connectivity index (χ3v) is 4.83. The van der Waals surface area contributed by atoms with Crippen molar-refractivity contribution in [1.82, 2.24) is 25.1 Å². The Morgan fingerprint density at radius 2 is 2.13 bits per heavy atom. The maximum absolute atomic E-state index is 12.4. The van der Waals surface area contributed by atoms with Crippen molar-refractivity contribution < 1.29 is 27.4 Å². The van der Waals surface area contributed by atoms with Gasteiger partial charge in [-0.1, -0.05) is 0 Å². The van der Waals surface area contributed by atoms with Crippen LogP contribution in [-0.4, -0.2) is 46.1 Å². The van der Waals surface area contributed by atoms with Crippen LogP contribution in [0.1, 0.15) is 24.1 Å². The minimum Gasteiger partial charge on any atom is -0.491 e. The van der Waals surface area contributed by atoms with Gasteiger partial charge in [0.25, 0.3) is 5.88 Å². The molecule has 1 saturated carbocycles. The van der Waals surface area contributed by atoms with E-state index >= 15 is 0 Å². The van der Waals surface area contributed by atoms with Gasteiger partial charge in [0, 0.05) is 24.0 Å². The number of methoxy groups -OCH3 is 1. The third kappa shape index (κ3) is 4.00. The summed E-state index contributed by atoms with van der Waals surface area (Å²) in [7, 11) is 1.33. The van der Waals surface area contributed by atoms with Gasteiger partial charge in [-0.15, -0.1) is 0 Å². The van der Waals surface area contributed by atoms with E-state index < -0.39 is 18.3 Å². The zero-order chi connectivity index (χ0) is 21.4. The lowest BCUT2D eigenvalue weighted by Crippen LogP contribution is -2.28. The molecule has 1 aliphatic carbocycles. The van der Waals surface area contributed by atoms with E-state index in [0.717, 1.165) is 29.4 Å². The van der Waals surface area contributed by atoms with E-state index in [2.05, 4.69) is 20.4 Å². The Morgan fingerprint density at radius 1 is 1.33 bits per heavy atom. The van der Waals surface area contributed by atoms with Gasteiger partial charge in [-0.2, -0.15) is 18.3 Å². The fourth-order valence-electron chi connectivity index (χ4n) is 3.29. The first kappa shape index (κ1) is 19.9. The molecule has 1 amide bonds. The number of aromatic nitrogens is 4. The first-order valence-corrected chi connectivity index (χ1v) is 9.10. The Morgan fingerprint density at radius 3 is 2.80 bits per heavy atom. The smallest absolute Gasteiger partial charge is 0.422 e. The van der Waals surface area contributed by atoms with Gasteiger partial charge in [-0.25, -0.2) is 4.98 Å². The van der Waals surface area contributed by atoms with Crippen LogP contribution in [0.4, 0.5) is 13.2 Å². The largest absolute Gasteiger partial charge is 0.491 e. The third-order valence-electron chi connectivity index (χ3n) is 4.83. The van der Waals surface area contributed by atoms with Crippen molar-refractivity contribution in [1.29, 1.82) is 0 Å². The lowest BCUT2D eigenvalue weighted by molar-refractivity contribution is -0.154. The summed E-state index contributed by atoms with van der Waals surface area (Å²) in [5.74, 6) is -0.130. The van der Waals surface area contributed by atoms with E-state index in [0.29, 0.717) is 18.5 Å². The molecule has 0 bridgehead atoms. The maximum Gasteiger partial charge on any atom is 0.422 e. The van der Waals surface area contributed by atoms with Crippen LogP contribution in [0.15, 0.2) is 30.7 Å². The Labute approximate surface area is 169 Å². The standard InChI is InChI=1S/C19H18F3N5O3/c1-29-15-6-12(7-24-17(15)30-10-19(20,21)22)8-27-9-13-14(26-27)2-5-23-16(13)18(3-4-18)25-11-28/h2,5-7,9,11H,3-4,8,10H2,1H3,(H,25,28). The number of hydrogen-bond donors (Lipinski definition) is 1. The fourth-order valence-corrected chi connectivity index (χ4v) is 3.29. The molecule has 0 saturated heterocycles. The molecule has 11 heteroatoms. The first-order chi connectivity index (χ1) is 14.3. The van der Waals surface area contributed by atoms with Gasteiger partial charge >= 0.3 is 6.18 Å². The first-order valence-electron chi connectivity index (χ1n) is 9.10. The average Bonchev–Trinajstić information content (AvgIpc) is 3.36. The summed E-state index contributed by atoms with van der Waals surface area (Å²) in [6, 6.07) is 3.33. The summed E-state index contributed by atoms with van der Waals surface area (Å²) in [5, 5.41) is 8.20. The highest BCUT2D eigenvalue weighted by Gasteiger charge is 2.46. The lowest BCUT2D eigenvalue weighted by atomic mass is 10.1. The number of halogens is 3. The zero-order valence-corrected chi connectivity index (χ0v) is 15.9. The van der Waals surface area contributed by atoms with Crippen LogP contribution in [0.3, 0.4) is 0 Å². The van der Waals surface area contributed by atoms with Crippen molar-refractivity contribution in [3.05, 3.63) is 42.0 Å². The maximum atomic E-state index is 12.4. The number of carbonyl (C=O) groups excluding carboxylic acids is 1. The van der Waals surface area contributed by atoms with Crippen molar-refractivity contribution in [3.8, 4) is 11.6 Å². The van der Waals surface area contributed by atoms with Crippen molar-refractivity contribution >= 4 is 17.3 Å². The van der Waals surface area contributed by atoms with Gasteiger partial charge in [0.1, 0.15) is 0 Å². The highest BCUT2D eigenvalue weighted by atomic mass is 19.4. The topological polar surface area (TPSA) is 91.2 Å². The summed E-state index contributed by atoms with van der Waals surface area (Å²) in [6.45, 7) is -1.14. The van der Waals surface area contributed by atoms with Crippen LogP contribution in [0.2, 0.25) is 0 Å².